The van der Waals surface area contributed by atoms with Crippen LogP contribution in [0, 0.1) is 17.0 Å². The number of hydrogen-bond donors (Lipinski definition) is 7. The van der Waals surface area contributed by atoms with Gasteiger partial charge in [0.15, 0.2) is 0 Å². The zero-order valence-corrected chi connectivity index (χ0v) is 45.9. The summed E-state index contributed by atoms with van der Waals surface area (Å²) >= 11 is 0. The molecule has 0 saturated carbocycles. The van der Waals surface area contributed by atoms with Crippen LogP contribution in [-0.4, -0.2) is 188 Å². The molecule has 80 heavy (non-hydrogen) atoms. The molecule has 5 atom stereocenters. The van der Waals surface area contributed by atoms with Gasteiger partial charge in [0, 0.05) is 75.5 Å². The number of primary amides is 1. The molecule has 0 radical (unpaired) electrons. The number of ether oxygens (including phenoxy) is 3. The molecule has 24 nitrogen and oxygen atoms in total. The van der Waals surface area contributed by atoms with E-state index in [1.54, 1.807) is 37.6 Å². The lowest BCUT2D eigenvalue weighted by Gasteiger charge is -2.41. The number of halogens is 2. The lowest BCUT2D eigenvalue weighted by atomic mass is 9.82. The quantitative estimate of drug-likeness (QED) is 0.0315. The van der Waals surface area contributed by atoms with Crippen LogP contribution < -0.4 is 32.3 Å². The minimum atomic E-state index is -1.76. The molecular weight excluding hydrogens is 1050 g/mol. The molecule has 8 N–H and O–H groups in total. The van der Waals surface area contributed by atoms with Crippen LogP contribution in [0.3, 0.4) is 0 Å². The number of carbonyl (C=O) groups excluding carboxylic acids is 10. The highest BCUT2D eigenvalue weighted by atomic mass is 19.1. The second-order valence-electron chi connectivity index (χ2n) is 19.8. The van der Waals surface area contributed by atoms with Gasteiger partial charge in [0.1, 0.15) is 55.6 Å². The molecule has 1 aromatic heterocycles. The Bertz CT molecular complexity index is 2700. The number of likely N-dealkylation sites (N-methyl/N-ethyl adjacent to an activating group) is 1. The summed E-state index contributed by atoms with van der Waals surface area (Å²) < 4.78 is 47.2. The van der Waals surface area contributed by atoms with E-state index in [9.17, 15) is 57.4 Å². The molecule has 0 fully saturated rings. The van der Waals surface area contributed by atoms with Crippen molar-refractivity contribution in [1.29, 1.82) is 0 Å². The van der Waals surface area contributed by atoms with Crippen LogP contribution in [0.1, 0.15) is 64.8 Å². The van der Waals surface area contributed by atoms with E-state index in [0.717, 1.165) is 40.8 Å². The number of aliphatic hydroxyl groups is 1. The summed E-state index contributed by atoms with van der Waals surface area (Å²) in [7, 11) is 2.78. The van der Waals surface area contributed by atoms with Gasteiger partial charge in [-0.05, 0) is 55.5 Å². The van der Waals surface area contributed by atoms with E-state index < -0.39 is 139 Å². The number of nitrogens with one attached hydrogen (secondary N) is 5. The lowest BCUT2D eigenvalue weighted by molar-refractivity contribution is -0.142. The van der Waals surface area contributed by atoms with Gasteiger partial charge in [0.05, 0.1) is 38.9 Å². The number of amides is 10. The fourth-order valence-corrected chi connectivity index (χ4v) is 8.45. The Labute approximate surface area is 462 Å². The SMILES string of the molecule is COCCOCCOCC(=O)N[C@@H](C)C(=O)N(C)[C@@H](C)C(=O)N[C@@H](CC(N)=O)C(=O)N[C@@H](CCN(C(=O)CO)[C@@H](c1cc(-c2cc(F)ccc2F)cn1Cc1ccccc1)C(C)(C)C)C(=O)NCCNC(=O)CN1C(=O)C=CC1=O. The van der Waals surface area contributed by atoms with Gasteiger partial charge in [-0.1, -0.05) is 51.1 Å². The number of carbonyl (C=O) groups is 10. The molecule has 436 valence electrons. The van der Waals surface area contributed by atoms with Crippen LogP contribution in [-0.2, 0) is 68.7 Å². The molecule has 2 heterocycles. The van der Waals surface area contributed by atoms with Gasteiger partial charge < -0.3 is 66.0 Å². The molecule has 0 aliphatic carbocycles. The second-order valence-corrected chi connectivity index (χ2v) is 19.8. The van der Waals surface area contributed by atoms with Crippen LogP contribution in [0.15, 0.2) is 72.9 Å². The maximum absolute atomic E-state index is 15.4. The number of aromatic nitrogens is 1. The first-order valence-corrected chi connectivity index (χ1v) is 25.6. The maximum Gasteiger partial charge on any atom is 0.254 e. The van der Waals surface area contributed by atoms with Gasteiger partial charge in [-0.15, -0.1) is 0 Å². The summed E-state index contributed by atoms with van der Waals surface area (Å²) in [6.45, 7) is 6.30. The Morgan fingerprint density at radius 1 is 0.787 bits per heavy atom. The van der Waals surface area contributed by atoms with Crippen LogP contribution in [0.5, 0.6) is 0 Å². The highest BCUT2D eigenvalue weighted by molar-refractivity contribution is 6.14. The highest BCUT2D eigenvalue weighted by Gasteiger charge is 2.39. The summed E-state index contributed by atoms with van der Waals surface area (Å²) in [5, 5.41) is 22.9. The van der Waals surface area contributed by atoms with E-state index in [1.165, 1.54) is 32.9 Å². The standard InChI is InChI=1S/C54H72F2N10O14/c1-33(60-45(70)32-80-24-23-79-22-21-78-7)53(77)63(6)34(2)50(74)62-41(27-43(57)68)52(76)61-40(51(75)59-19-18-58-44(69)30-66-46(71)15-16-47(66)72)17-20-65(48(73)31-67)49(54(3,4)5)42-25-36(38-26-37(55)13-14-39(38)56)29-64(42)28-35-11-9-8-10-12-35/h8-16,25-26,29,33-34,40-41,49,67H,17-24,27-28,30-32H2,1-7H3,(H2,57,68)(H,58,69)(H,59,75)(H,60,70)(H,61,76)(H,62,74)/t33-,34-,40-,41-,49-/m0/s1. The van der Waals surface area contributed by atoms with Gasteiger partial charge in [-0.3, -0.25) is 52.8 Å². The average Bonchev–Trinajstić information content (AvgIpc) is 4.15. The van der Waals surface area contributed by atoms with Gasteiger partial charge in [-0.2, -0.15) is 0 Å². The van der Waals surface area contributed by atoms with E-state index in [4.69, 9.17) is 19.9 Å². The number of nitrogens with zero attached hydrogens (tertiary/aromatic N) is 4. The Kier molecular flexibility index (Phi) is 25.0. The third-order valence-corrected chi connectivity index (χ3v) is 12.6. The molecule has 0 saturated heterocycles. The van der Waals surface area contributed by atoms with Crippen molar-refractivity contribution in [3.8, 4) is 11.1 Å². The summed E-state index contributed by atoms with van der Waals surface area (Å²) in [6.07, 6.45) is 2.39. The Morgan fingerprint density at radius 3 is 2.06 bits per heavy atom. The van der Waals surface area contributed by atoms with E-state index in [1.807, 2.05) is 30.3 Å². The minimum Gasteiger partial charge on any atom is -0.387 e. The van der Waals surface area contributed by atoms with Crippen molar-refractivity contribution in [2.75, 3.05) is 80.0 Å². The number of benzene rings is 2. The first-order valence-electron chi connectivity index (χ1n) is 25.6. The Hall–Kier alpha value is -7.94. The maximum atomic E-state index is 15.4. The van der Waals surface area contributed by atoms with Crippen molar-refractivity contribution in [2.45, 2.75) is 84.2 Å². The van der Waals surface area contributed by atoms with Crippen molar-refractivity contribution < 1.29 is 76.0 Å². The van der Waals surface area contributed by atoms with Gasteiger partial charge >= 0.3 is 0 Å². The number of methoxy groups -OCH3 is 1. The number of aliphatic hydroxyl groups excluding tert-OH is 1. The molecule has 2 aromatic carbocycles. The summed E-state index contributed by atoms with van der Waals surface area (Å²) in [4.78, 5) is 134. The molecule has 0 spiro atoms. The third-order valence-electron chi connectivity index (χ3n) is 12.6. The first-order chi connectivity index (χ1) is 37.9. The monoisotopic (exact) mass is 1120 g/mol. The predicted molar refractivity (Wildman–Crippen MR) is 284 cm³/mol. The molecule has 3 aromatic rings. The van der Waals surface area contributed by atoms with Gasteiger partial charge in [-0.25, -0.2) is 8.78 Å². The Balaban J connectivity index is 1.62. The van der Waals surface area contributed by atoms with Crippen LogP contribution in [0.25, 0.3) is 11.1 Å². The van der Waals surface area contributed by atoms with Crippen LogP contribution in [0.4, 0.5) is 8.78 Å². The average molecular weight is 1120 g/mol. The number of rotatable bonds is 32. The lowest BCUT2D eigenvalue weighted by Crippen LogP contribution is -2.58. The van der Waals surface area contributed by atoms with Crippen molar-refractivity contribution in [3.05, 3.63) is 95.8 Å². The topological polar surface area (TPSA) is 319 Å². The molecule has 0 unspecified atom stereocenters. The molecular formula is C54H72F2N10O14. The summed E-state index contributed by atoms with van der Waals surface area (Å²) in [6, 6.07) is 6.87. The third kappa shape index (κ3) is 19.5. The second kappa shape index (κ2) is 31.0. The highest BCUT2D eigenvalue weighted by Crippen LogP contribution is 2.41. The Morgan fingerprint density at radius 2 is 1.43 bits per heavy atom. The van der Waals surface area contributed by atoms with Crippen LogP contribution in [0.2, 0.25) is 0 Å². The zero-order valence-electron chi connectivity index (χ0n) is 45.9. The van der Waals surface area contributed by atoms with Crippen LogP contribution >= 0.6 is 0 Å². The van der Waals surface area contributed by atoms with Crippen molar-refractivity contribution in [3.63, 3.8) is 0 Å². The molecule has 1 aliphatic rings. The van der Waals surface area contributed by atoms with E-state index >= 15 is 4.39 Å². The minimum absolute atomic E-state index is 0.0709. The summed E-state index contributed by atoms with van der Waals surface area (Å²) in [5.41, 5.74) is 6.04. The number of imide groups is 1. The number of hydrogen-bond acceptors (Lipinski definition) is 14. The number of nitrogens with two attached hydrogens (primary N) is 1. The molecule has 10 amide bonds. The fourth-order valence-electron chi connectivity index (χ4n) is 8.45. The molecule has 4 rings (SSSR count). The first kappa shape index (κ1) is 64.6. The van der Waals surface area contributed by atoms with Crippen molar-refractivity contribution in [1.82, 2.24) is 45.9 Å². The van der Waals surface area contributed by atoms with Crippen molar-refractivity contribution in [2.24, 2.45) is 11.1 Å². The largest absolute Gasteiger partial charge is 0.387 e. The molecule has 1 aliphatic heterocycles. The van der Waals surface area contributed by atoms with E-state index in [0.29, 0.717) is 23.8 Å². The fraction of sp³-hybridized carbons (Fsp3) is 0.481. The van der Waals surface area contributed by atoms with E-state index in [2.05, 4.69) is 26.6 Å². The summed E-state index contributed by atoms with van der Waals surface area (Å²) in [5.74, 6) is -9.77. The zero-order chi connectivity index (χ0) is 59.3. The van der Waals surface area contributed by atoms with Crippen molar-refractivity contribution >= 4 is 59.1 Å². The molecule has 0 bridgehead atoms. The smallest absolute Gasteiger partial charge is 0.254 e. The van der Waals surface area contributed by atoms with E-state index in [-0.39, 0.29) is 50.5 Å². The van der Waals surface area contributed by atoms with Gasteiger partial charge in [0.25, 0.3) is 11.8 Å². The normalized spacial score (nSPS) is 14.1. The predicted octanol–water partition coefficient (Wildman–Crippen LogP) is -0.187. The molecule has 26 heteroatoms. The van der Waals surface area contributed by atoms with Gasteiger partial charge in [0.2, 0.25) is 47.3 Å².